The third-order valence-electron chi connectivity index (χ3n) is 2.75. The number of hydrogen-bond acceptors (Lipinski definition) is 2. The standard InChI is InChI=1S/C14H23NO/c1-5-15-8-7-13-9-12(4)14(16-6-2)10-11(13)3/h9-10,15H,5-8H2,1-4H3. The molecule has 0 aliphatic carbocycles. The van der Waals surface area contributed by atoms with Crippen LogP contribution in [0.5, 0.6) is 5.75 Å². The number of aryl methyl sites for hydroxylation is 2. The summed E-state index contributed by atoms with van der Waals surface area (Å²) in [6, 6.07) is 4.40. The van der Waals surface area contributed by atoms with Gasteiger partial charge in [0.1, 0.15) is 5.75 Å². The lowest BCUT2D eigenvalue weighted by Gasteiger charge is -2.12. The largest absolute Gasteiger partial charge is 0.494 e. The summed E-state index contributed by atoms with van der Waals surface area (Å²) in [7, 11) is 0. The Hall–Kier alpha value is -1.02. The van der Waals surface area contributed by atoms with Gasteiger partial charge in [-0.3, -0.25) is 0 Å². The van der Waals surface area contributed by atoms with Crippen LogP contribution < -0.4 is 10.1 Å². The average molecular weight is 221 g/mol. The fraction of sp³-hybridized carbons (Fsp3) is 0.571. The summed E-state index contributed by atoms with van der Waals surface area (Å²) in [5.41, 5.74) is 3.98. The van der Waals surface area contributed by atoms with Gasteiger partial charge in [0.2, 0.25) is 0 Å². The van der Waals surface area contributed by atoms with Crippen molar-refractivity contribution in [1.29, 1.82) is 0 Å². The molecule has 0 saturated heterocycles. The number of rotatable bonds is 6. The van der Waals surface area contributed by atoms with Gasteiger partial charge in [-0.1, -0.05) is 13.0 Å². The number of likely N-dealkylation sites (N-methyl/N-ethyl adjacent to an activating group) is 1. The van der Waals surface area contributed by atoms with Crippen molar-refractivity contribution in [3.05, 3.63) is 28.8 Å². The number of benzene rings is 1. The van der Waals surface area contributed by atoms with E-state index < -0.39 is 0 Å². The van der Waals surface area contributed by atoms with Crippen molar-refractivity contribution in [2.45, 2.75) is 34.1 Å². The lowest BCUT2D eigenvalue weighted by Crippen LogP contribution is -2.16. The molecule has 0 amide bonds. The second kappa shape index (κ2) is 6.54. The minimum atomic E-state index is 0.733. The molecule has 1 aromatic carbocycles. The van der Waals surface area contributed by atoms with Gasteiger partial charge in [0.05, 0.1) is 6.61 Å². The monoisotopic (exact) mass is 221 g/mol. The molecule has 1 aromatic rings. The maximum atomic E-state index is 5.58. The van der Waals surface area contributed by atoms with E-state index in [1.54, 1.807) is 0 Å². The van der Waals surface area contributed by atoms with E-state index in [0.717, 1.165) is 31.9 Å². The SMILES string of the molecule is CCNCCc1cc(C)c(OCC)cc1C. The van der Waals surface area contributed by atoms with E-state index in [1.165, 1.54) is 16.7 Å². The molecule has 1 N–H and O–H groups in total. The molecule has 0 bridgehead atoms. The van der Waals surface area contributed by atoms with Crippen molar-refractivity contribution in [2.75, 3.05) is 19.7 Å². The third kappa shape index (κ3) is 3.53. The van der Waals surface area contributed by atoms with Crippen LogP contribution in [0.25, 0.3) is 0 Å². The number of nitrogens with one attached hydrogen (secondary N) is 1. The highest BCUT2D eigenvalue weighted by molar-refractivity contribution is 5.41. The van der Waals surface area contributed by atoms with Crippen LogP contribution in [0.15, 0.2) is 12.1 Å². The van der Waals surface area contributed by atoms with Crippen molar-refractivity contribution in [3.8, 4) is 5.75 Å². The van der Waals surface area contributed by atoms with E-state index in [1.807, 2.05) is 6.92 Å². The third-order valence-corrected chi connectivity index (χ3v) is 2.75. The molecular formula is C14H23NO. The molecule has 0 saturated carbocycles. The quantitative estimate of drug-likeness (QED) is 0.746. The van der Waals surface area contributed by atoms with Crippen LogP contribution in [0.1, 0.15) is 30.5 Å². The summed E-state index contributed by atoms with van der Waals surface area (Å²) in [6.07, 6.45) is 1.09. The molecule has 0 unspecified atom stereocenters. The van der Waals surface area contributed by atoms with Gasteiger partial charge in [-0.2, -0.15) is 0 Å². The molecule has 16 heavy (non-hydrogen) atoms. The van der Waals surface area contributed by atoms with E-state index in [4.69, 9.17) is 4.74 Å². The molecule has 1 rings (SSSR count). The van der Waals surface area contributed by atoms with Crippen LogP contribution in [-0.4, -0.2) is 19.7 Å². The van der Waals surface area contributed by atoms with Crippen molar-refractivity contribution < 1.29 is 4.74 Å². The van der Waals surface area contributed by atoms with Gasteiger partial charge in [0.25, 0.3) is 0 Å². The molecule has 0 heterocycles. The van der Waals surface area contributed by atoms with E-state index >= 15 is 0 Å². The normalized spacial score (nSPS) is 10.5. The maximum Gasteiger partial charge on any atom is 0.122 e. The van der Waals surface area contributed by atoms with Crippen LogP contribution in [0, 0.1) is 13.8 Å². The molecule has 2 nitrogen and oxygen atoms in total. The zero-order valence-electron chi connectivity index (χ0n) is 10.9. The summed E-state index contributed by atoms with van der Waals surface area (Å²) in [5.74, 6) is 1.02. The molecule has 0 atom stereocenters. The lowest BCUT2D eigenvalue weighted by molar-refractivity contribution is 0.337. The molecule has 0 radical (unpaired) electrons. The summed E-state index contributed by atoms with van der Waals surface area (Å²) in [5, 5.41) is 3.35. The molecule has 0 aliphatic rings. The first-order valence-corrected chi connectivity index (χ1v) is 6.12. The number of ether oxygens (including phenoxy) is 1. The lowest BCUT2D eigenvalue weighted by atomic mass is 10.0. The summed E-state index contributed by atoms with van der Waals surface area (Å²) in [4.78, 5) is 0. The Kier molecular flexibility index (Phi) is 5.33. The highest BCUT2D eigenvalue weighted by Gasteiger charge is 2.04. The Labute approximate surface area is 99.0 Å². The van der Waals surface area contributed by atoms with E-state index in [9.17, 15) is 0 Å². The zero-order chi connectivity index (χ0) is 12.0. The summed E-state index contributed by atoms with van der Waals surface area (Å²) in [6.45, 7) is 11.2. The Morgan fingerprint density at radius 1 is 1.12 bits per heavy atom. The van der Waals surface area contributed by atoms with Gasteiger partial charge in [-0.25, -0.2) is 0 Å². The topological polar surface area (TPSA) is 21.3 Å². The first-order valence-electron chi connectivity index (χ1n) is 6.12. The molecule has 0 aliphatic heterocycles. The van der Waals surface area contributed by atoms with Crippen LogP contribution in [0.2, 0.25) is 0 Å². The van der Waals surface area contributed by atoms with E-state index in [2.05, 4.69) is 38.2 Å². The van der Waals surface area contributed by atoms with E-state index in [0.29, 0.717) is 0 Å². The van der Waals surface area contributed by atoms with E-state index in [-0.39, 0.29) is 0 Å². The highest BCUT2D eigenvalue weighted by atomic mass is 16.5. The van der Waals surface area contributed by atoms with Crippen LogP contribution in [-0.2, 0) is 6.42 Å². The molecule has 0 fully saturated rings. The predicted molar refractivity (Wildman–Crippen MR) is 69.3 cm³/mol. The Morgan fingerprint density at radius 2 is 1.88 bits per heavy atom. The van der Waals surface area contributed by atoms with Gasteiger partial charge in [-0.05, 0) is 63.0 Å². The van der Waals surface area contributed by atoms with Gasteiger partial charge in [0, 0.05) is 0 Å². The first-order chi connectivity index (χ1) is 7.69. The Bertz CT molecular complexity index is 334. The molecule has 90 valence electrons. The van der Waals surface area contributed by atoms with Gasteiger partial charge in [0.15, 0.2) is 0 Å². The smallest absolute Gasteiger partial charge is 0.122 e. The zero-order valence-corrected chi connectivity index (χ0v) is 10.9. The fourth-order valence-electron chi connectivity index (χ4n) is 1.83. The van der Waals surface area contributed by atoms with Gasteiger partial charge >= 0.3 is 0 Å². The van der Waals surface area contributed by atoms with Crippen molar-refractivity contribution in [3.63, 3.8) is 0 Å². The van der Waals surface area contributed by atoms with Crippen LogP contribution in [0.4, 0.5) is 0 Å². The molecule has 0 aromatic heterocycles. The minimum absolute atomic E-state index is 0.733. The molecular weight excluding hydrogens is 198 g/mol. The Balaban J connectivity index is 2.75. The minimum Gasteiger partial charge on any atom is -0.494 e. The predicted octanol–water partition coefficient (Wildman–Crippen LogP) is 2.85. The van der Waals surface area contributed by atoms with Crippen LogP contribution in [0.3, 0.4) is 0 Å². The maximum absolute atomic E-state index is 5.58. The highest BCUT2D eigenvalue weighted by Crippen LogP contribution is 2.23. The van der Waals surface area contributed by atoms with Gasteiger partial charge in [-0.15, -0.1) is 0 Å². The fourth-order valence-corrected chi connectivity index (χ4v) is 1.83. The summed E-state index contributed by atoms with van der Waals surface area (Å²) >= 11 is 0. The molecule has 2 heteroatoms. The second-order valence-electron chi connectivity index (χ2n) is 4.08. The van der Waals surface area contributed by atoms with Crippen molar-refractivity contribution in [1.82, 2.24) is 5.32 Å². The average Bonchev–Trinajstić information content (AvgIpc) is 2.25. The van der Waals surface area contributed by atoms with Crippen LogP contribution >= 0.6 is 0 Å². The molecule has 0 spiro atoms. The second-order valence-corrected chi connectivity index (χ2v) is 4.08. The van der Waals surface area contributed by atoms with Crippen molar-refractivity contribution in [2.24, 2.45) is 0 Å². The number of hydrogen-bond donors (Lipinski definition) is 1. The summed E-state index contributed by atoms with van der Waals surface area (Å²) < 4.78 is 5.58. The van der Waals surface area contributed by atoms with Gasteiger partial charge < -0.3 is 10.1 Å². The Morgan fingerprint density at radius 3 is 2.50 bits per heavy atom. The first kappa shape index (κ1) is 13.0. The van der Waals surface area contributed by atoms with Crippen molar-refractivity contribution >= 4 is 0 Å².